The second-order valence-corrected chi connectivity index (χ2v) is 11.6. The van der Waals surface area contributed by atoms with Crippen molar-refractivity contribution in [2.45, 2.75) is 49.5 Å². The van der Waals surface area contributed by atoms with E-state index in [0.29, 0.717) is 37.1 Å². The second kappa shape index (κ2) is 15.7. The maximum Gasteiger partial charge on any atom is 0.250 e. The Hall–Kier alpha value is -1.40. The number of methoxy groups -OCH3 is 2. The van der Waals surface area contributed by atoms with Gasteiger partial charge in [0, 0.05) is 32.7 Å². The first-order chi connectivity index (χ1) is 16.2. The number of benzene rings is 1. The monoisotopic (exact) mass is 550 g/mol. The number of ether oxygens (including phenoxy) is 3. The molecule has 0 saturated heterocycles. The standard InChI is InChI=1S/C24H38N2O6S2.ClH/c1-17(2)19(13-18-8-9-22(31-4)23(14-18)32-11-6-10-30-3)15-20(25)21(27)16-26-34(28,29)24-7-5-12-33-24;/h5,7-9,12,14,17,19-21,26-27H,6,10-11,13,15-16,25H2,1-4H3;1H/t19-,20-,21-;/m0./s1. The van der Waals surface area contributed by atoms with Gasteiger partial charge >= 0.3 is 0 Å². The summed E-state index contributed by atoms with van der Waals surface area (Å²) < 4.78 is 43.7. The number of aliphatic hydroxyl groups excluding tert-OH is 1. The molecule has 0 unspecified atom stereocenters. The third-order valence-corrected chi connectivity index (χ3v) is 8.55. The maximum atomic E-state index is 12.3. The number of hydrogen-bond donors (Lipinski definition) is 3. The molecule has 0 aliphatic heterocycles. The molecule has 0 fully saturated rings. The highest BCUT2D eigenvalue weighted by molar-refractivity contribution is 7.91. The van der Waals surface area contributed by atoms with Crippen molar-refractivity contribution in [1.82, 2.24) is 4.72 Å². The summed E-state index contributed by atoms with van der Waals surface area (Å²) in [6.07, 6.45) is 1.08. The Kier molecular flexibility index (Phi) is 14.1. The number of nitrogens with two attached hydrogens (primary N) is 1. The molecule has 4 N–H and O–H groups in total. The first kappa shape index (κ1) is 31.6. The Morgan fingerprint density at radius 1 is 1.14 bits per heavy atom. The van der Waals surface area contributed by atoms with Crippen LogP contribution in [0.5, 0.6) is 11.5 Å². The van der Waals surface area contributed by atoms with E-state index >= 15 is 0 Å². The highest BCUT2D eigenvalue weighted by atomic mass is 35.5. The first-order valence-electron chi connectivity index (χ1n) is 11.4. The van der Waals surface area contributed by atoms with E-state index in [1.807, 2.05) is 18.2 Å². The lowest BCUT2D eigenvalue weighted by atomic mass is 9.83. The molecule has 2 rings (SSSR count). The minimum absolute atomic E-state index is 0. The van der Waals surface area contributed by atoms with E-state index in [1.165, 1.54) is 6.07 Å². The topological polar surface area (TPSA) is 120 Å². The Labute approximate surface area is 219 Å². The third kappa shape index (κ3) is 10.2. The third-order valence-electron chi connectivity index (χ3n) is 5.73. The summed E-state index contributed by atoms with van der Waals surface area (Å²) in [5, 5.41) is 12.2. The Morgan fingerprint density at radius 3 is 2.49 bits per heavy atom. The lowest BCUT2D eigenvalue weighted by molar-refractivity contribution is 0.129. The van der Waals surface area contributed by atoms with Gasteiger partial charge < -0.3 is 25.1 Å². The zero-order chi connectivity index (χ0) is 25.1. The zero-order valence-electron chi connectivity index (χ0n) is 20.8. The largest absolute Gasteiger partial charge is 0.493 e. The molecule has 0 bridgehead atoms. The number of halogens is 1. The van der Waals surface area contributed by atoms with E-state index in [1.54, 1.807) is 25.7 Å². The lowest BCUT2D eigenvalue weighted by Gasteiger charge is -2.27. The zero-order valence-corrected chi connectivity index (χ0v) is 23.3. The predicted molar refractivity (Wildman–Crippen MR) is 142 cm³/mol. The summed E-state index contributed by atoms with van der Waals surface area (Å²) >= 11 is 1.13. The van der Waals surface area contributed by atoms with Crippen LogP contribution in [0.4, 0.5) is 0 Å². The van der Waals surface area contributed by atoms with Crippen LogP contribution in [0.25, 0.3) is 0 Å². The summed E-state index contributed by atoms with van der Waals surface area (Å²) in [7, 11) is -0.370. The normalized spacial score (nSPS) is 14.3. The highest BCUT2D eigenvalue weighted by Gasteiger charge is 2.25. The van der Waals surface area contributed by atoms with E-state index in [9.17, 15) is 13.5 Å². The molecular formula is C24H39ClN2O6S2. The number of rotatable bonds is 16. The maximum absolute atomic E-state index is 12.3. The van der Waals surface area contributed by atoms with Crippen molar-refractivity contribution in [3.05, 3.63) is 41.3 Å². The average Bonchev–Trinajstić information content (AvgIpc) is 3.36. The first-order valence-corrected chi connectivity index (χ1v) is 13.8. The molecule has 0 spiro atoms. The van der Waals surface area contributed by atoms with Crippen LogP contribution in [-0.4, -0.2) is 59.6 Å². The van der Waals surface area contributed by atoms with Crippen LogP contribution in [0.2, 0.25) is 0 Å². The molecule has 3 atom stereocenters. The van der Waals surface area contributed by atoms with Crippen molar-refractivity contribution >= 4 is 33.8 Å². The Bertz CT molecular complexity index is 957. The molecule has 0 amide bonds. The SMILES string of the molecule is COCCCOc1cc(C[C@@H](C[C@H](N)[C@@H](O)CNS(=O)(=O)c2cccs2)C(C)C)ccc1OC.Cl. The van der Waals surface area contributed by atoms with Gasteiger partial charge in [0.25, 0.3) is 0 Å². The Morgan fingerprint density at radius 2 is 1.89 bits per heavy atom. The molecule has 8 nitrogen and oxygen atoms in total. The van der Waals surface area contributed by atoms with Gasteiger partial charge in [0.1, 0.15) is 4.21 Å². The molecule has 1 heterocycles. The van der Waals surface area contributed by atoms with E-state index in [4.69, 9.17) is 19.9 Å². The summed E-state index contributed by atoms with van der Waals surface area (Å²) in [5.74, 6) is 1.86. The van der Waals surface area contributed by atoms with E-state index in [-0.39, 0.29) is 29.1 Å². The van der Waals surface area contributed by atoms with E-state index < -0.39 is 22.2 Å². The molecular weight excluding hydrogens is 512 g/mol. The molecule has 35 heavy (non-hydrogen) atoms. The van der Waals surface area contributed by atoms with Gasteiger partial charge in [-0.05, 0) is 53.8 Å². The average molecular weight is 551 g/mol. The van der Waals surface area contributed by atoms with Gasteiger partial charge in [0.2, 0.25) is 10.0 Å². The van der Waals surface area contributed by atoms with Crippen molar-refractivity contribution in [2.24, 2.45) is 17.6 Å². The van der Waals surface area contributed by atoms with Crippen molar-refractivity contribution < 1.29 is 27.7 Å². The quantitative estimate of drug-likeness (QED) is 0.274. The molecule has 0 saturated carbocycles. The fourth-order valence-electron chi connectivity index (χ4n) is 3.58. The van der Waals surface area contributed by atoms with Gasteiger partial charge in [-0.25, -0.2) is 13.1 Å². The lowest BCUT2D eigenvalue weighted by Crippen LogP contribution is -2.44. The molecule has 0 aliphatic carbocycles. The Balaban J connectivity index is 0.00000612. The van der Waals surface area contributed by atoms with Gasteiger partial charge in [-0.1, -0.05) is 26.0 Å². The van der Waals surface area contributed by atoms with Gasteiger partial charge in [-0.3, -0.25) is 0 Å². The minimum Gasteiger partial charge on any atom is -0.493 e. The van der Waals surface area contributed by atoms with E-state index in [0.717, 1.165) is 29.7 Å². The van der Waals surface area contributed by atoms with Crippen LogP contribution in [0, 0.1) is 11.8 Å². The van der Waals surface area contributed by atoms with Crippen LogP contribution >= 0.6 is 23.7 Å². The van der Waals surface area contributed by atoms with Crippen LogP contribution in [0.1, 0.15) is 32.3 Å². The number of hydrogen-bond acceptors (Lipinski definition) is 8. The highest BCUT2D eigenvalue weighted by Crippen LogP contribution is 2.31. The number of sulfonamides is 1. The van der Waals surface area contributed by atoms with Crippen LogP contribution in [0.15, 0.2) is 39.9 Å². The summed E-state index contributed by atoms with van der Waals surface area (Å²) in [6, 6.07) is 8.52. The van der Waals surface area contributed by atoms with Gasteiger partial charge in [-0.15, -0.1) is 23.7 Å². The summed E-state index contributed by atoms with van der Waals surface area (Å²) in [5.41, 5.74) is 7.37. The summed E-state index contributed by atoms with van der Waals surface area (Å²) in [4.78, 5) is 0. The molecule has 1 aromatic carbocycles. The molecule has 11 heteroatoms. The molecule has 0 radical (unpaired) electrons. The predicted octanol–water partition coefficient (Wildman–Crippen LogP) is 3.47. The van der Waals surface area contributed by atoms with Gasteiger partial charge in [0.05, 0.1) is 19.8 Å². The van der Waals surface area contributed by atoms with Gasteiger partial charge in [0.15, 0.2) is 11.5 Å². The van der Waals surface area contributed by atoms with Crippen molar-refractivity contribution in [3.63, 3.8) is 0 Å². The van der Waals surface area contributed by atoms with Crippen molar-refractivity contribution in [2.75, 3.05) is 34.0 Å². The van der Waals surface area contributed by atoms with E-state index in [2.05, 4.69) is 18.6 Å². The summed E-state index contributed by atoms with van der Waals surface area (Å²) in [6.45, 7) is 5.26. The van der Waals surface area contributed by atoms with Crippen LogP contribution in [-0.2, 0) is 21.2 Å². The fraction of sp³-hybridized carbons (Fsp3) is 0.583. The van der Waals surface area contributed by atoms with Crippen molar-refractivity contribution in [1.29, 1.82) is 0 Å². The number of aliphatic hydroxyl groups is 1. The minimum atomic E-state index is -3.64. The molecule has 200 valence electrons. The van der Waals surface area contributed by atoms with Crippen molar-refractivity contribution in [3.8, 4) is 11.5 Å². The van der Waals surface area contributed by atoms with Gasteiger partial charge in [-0.2, -0.15) is 0 Å². The molecule has 0 aliphatic rings. The van der Waals surface area contributed by atoms with Crippen LogP contribution < -0.4 is 19.9 Å². The smallest absolute Gasteiger partial charge is 0.250 e. The second-order valence-electron chi connectivity index (χ2n) is 8.64. The molecule has 2 aromatic rings. The fourth-order valence-corrected chi connectivity index (χ4v) is 5.67. The van der Waals surface area contributed by atoms with Crippen LogP contribution in [0.3, 0.4) is 0 Å². The number of thiophene rings is 1. The molecule has 1 aromatic heterocycles. The number of nitrogens with one attached hydrogen (secondary N) is 1.